The molecule has 0 saturated carbocycles. The second-order valence-corrected chi connectivity index (χ2v) is 4.32. The molecule has 0 aromatic rings. The molecule has 0 aromatic carbocycles. The van der Waals surface area contributed by atoms with E-state index in [4.69, 9.17) is 16.7 Å². The van der Waals surface area contributed by atoms with E-state index in [0.29, 0.717) is 0 Å². The lowest BCUT2D eigenvalue weighted by molar-refractivity contribution is -0.143. The molecule has 0 heterocycles. The van der Waals surface area contributed by atoms with E-state index >= 15 is 0 Å². The van der Waals surface area contributed by atoms with Gasteiger partial charge in [-0.1, -0.05) is 40.5 Å². The van der Waals surface area contributed by atoms with Crippen LogP contribution in [0.3, 0.4) is 0 Å². The summed E-state index contributed by atoms with van der Waals surface area (Å²) in [5.41, 5.74) is 0. The van der Waals surface area contributed by atoms with Gasteiger partial charge in [-0.05, 0) is 11.8 Å². The molecule has 2 unspecified atom stereocenters. The van der Waals surface area contributed by atoms with E-state index in [0.717, 1.165) is 12.8 Å². The first-order valence-electron chi connectivity index (χ1n) is 4.83. The summed E-state index contributed by atoms with van der Waals surface area (Å²) >= 11 is 6.18. The number of alkyl halides is 1. The van der Waals surface area contributed by atoms with E-state index in [1.54, 1.807) is 0 Å². The fraction of sp³-hybridized carbons (Fsp3) is 0.900. The van der Waals surface area contributed by atoms with Gasteiger partial charge in [-0.3, -0.25) is 4.79 Å². The van der Waals surface area contributed by atoms with Crippen LogP contribution < -0.4 is 0 Å². The minimum absolute atomic E-state index is 0.00150. The summed E-state index contributed by atoms with van der Waals surface area (Å²) in [5.74, 6) is -0.888. The molecule has 0 radical (unpaired) electrons. The molecule has 0 saturated heterocycles. The zero-order valence-electron chi connectivity index (χ0n) is 8.80. The third-order valence-electron chi connectivity index (χ3n) is 2.99. The molecule has 0 aromatic heterocycles. The lowest BCUT2D eigenvalue weighted by Gasteiger charge is -2.33. The summed E-state index contributed by atoms with van der Waals surface area (Å²) in [5, 5.41) is 9.10. The first-order valence-corrected chi connectivity index (χ1v) is 5.21. The fourth-order valence-electron chi connectivity index (χ4n) is 1.50. The van der Waals surface area contributed by atoms with Crippen molar-refractivity contribution in [1.29, 1.82) is 0 Å². The summed E-state index contributed by atoms with van der Waals surface area (Å²) in [6, 6.07) is 0. The number of aliphatic carboxylic acids is 1. The van der Waals surface area contributed by atoms with Crippen molar-refractivity contribution >= 4 is 17.6 Å². The maximum atomic E-state index is 11.1. The Hall–Kier alpha value is -0.240. The van der Waals surface area contributed by atoms with Gasteiger partial charge in [-0.2, -0.15) is 0 Å². The molecule has 2 nitrogen and oxygen atoms in total. The maximum absolute atomic E-state index is 11.1. The molecule has 0 aliphatic rings. The number of carboxylic acids is 1. The molecule has 78 valence electrons. The van der Waals surface area contributed by atoms with Crippen LogP contribution in [0.4, 0.5) is 0 Å². The summed E-state index contributed by atoms with van der Waals surface area (Å²) in [4.78, 5) is 10.00. The number of hydrogen-bond donors (Lipinski definition) is 1. The van der Waals surface area contributed by atoms with Crippen molar-refractivity contribution in [3.8, 4) is 0 Å². The van der Waals surface area contributed by atoms with Crippen LogP contribution in [0.5, 0.6) is 0 Å². The highest BCUT2D eigenvalue weighted by Crippen LogP contribution is 2.37. The third kappa shape index (κ3) is 2.37. The van der Waals surface area contributed by atoms with Crippen molar-refractivity contribution in [2.45, 2.75) is 45.4 Å². The monoisotopic (exact) mass is 206 g/mol. The predicted octanol–water partition coefficient (Wildman–Crippen LogP) is 3.14. The second kappa shape index (κ2) is 4.85. The first-order chi connectivity index (χ1) is 5.91. The van der Waals surface area contributed by atoms with Gasteiger partial charge < -0.3 is 5.11 Å². The Kier molecular flexibility index (Phi) is 4.76. The van der Waals surface area contributed by atoms with Crippen LogP contribution >= 0.6 is 11.6 Å². The minimum Gasteiger partial charge on any atom is -0.480 e. The highest BCUT2D eigenvalue weighted by molar-refractivity contribution is 6.34. The average Bonchev–Trinajstić information content (AvgIpc) is 2.13. The topological polar surface area (TPSA) is 37.3 Å². The summed E-state index contributed by atoms with van der Waals surface area (Å²) in [6.07, 6.45) is 1.58. The molecular weight excluding hydrogens is 188 g/mol. The average molecular weight is 207 g/mol. The van der Waals surface area contributed by atoms with Gasteiger partial charge >= 0.3 is 5.97 Å². The van der Waals surface area contributed by atoms with Gasteiger partial charge in [-0.15, -0.1) is 11.6 Å². The summed E-state index contributed by atoms with van der Waals surface area (Å²) in [6.45, 7) is 7.72. The molecule has 3 heteroatoms. The molecule has 0 aliphatic carbocycles. The van der Waals surface area contributed by atoms with Crippen LogP contribution in [-0.4, -0.2) is 16.0 Å². The molecule has 2 atom stereocenters. The molecule has 13 heavy (non-hydrogen) atoms. The van der Waals surface area contributed by atoms with Crippen molar-refractivity contribution in [3.05, 3.63) is 0 Å². The van der Waals surface area contributed by atoms with Gasteiger partial charge in [0.25, 0.3) is 0 Å². The van der Waals surface area contributed by atoms with Gasteiger partial charge in [0.1, 0.15) is 4.87 Å². The van der Waals surface area contributed by atoms with Crippen LogP contribution in [0.2, 0.25) is 0 Å². The molecule has 0 spiro atoms. The van der Waals surface area contributed by atoms with E-state index in [2.05, 4.69) is 0 Å². The Labute approximate surface area is 85.3 Å². The fourth-order valence-corrected chi connectivity index (χ4v) is 1.81. The Morgan fingerprint density at radius 3 is 1.77 bits per heavy atom. The number of hydrogen-bond acceptors (Lipinski definition) is 1. The normalized spacial score (nSPS) is 20.4. The molecular formula is C10H19ClO2. The van der Waals surface area contributed by atoms with Gasteiger partial charge in [0.2, 0.25) is 0 Å². The number of carboxylic acid groups (broad SMARTS) is 1. The van der Waals surface area contributed by atoms with Crippen LogP contribution in [0.1, 0.15) is 40.5 Å². The lowest BCUT2D eigenvalue weighted by Crippen LogP contribution is -2.44. The zero-order valence-corrected chi connectivity index (χ0v) is 9.56. The Balaban J connectivity index is 4.82. The molecule has 1 N–H and O–H groups in total. The zero-order chi connectivity index (χ0) is 10.6. The molecule has 0 fully saturated rings. The van der Waals surface area contributed by atoms with Crippen molar-refractivity contribution < 1.29 is 9.90 Å². The third-order valence-corrected chi connectivity index (χ3v) is 3.89. The maximum Gasteiger partial charge on any atom is 0.325 e. The Morgan fingerprint density at radius 2 is 1.62 bits per heavy atom. The predicted molar refractivity (Wildman–Crippen MR) is 55.1 cm³/mol. The smallest absolute Gasteiger partial charge is 0.325 e. The number of carbonyl (C=O) groups is 1. The summed E-state index contributed by atoms with van der Waals surface area (Å²) in [7, 11) is 0. The van der Waals surface area contributed by atoms with E-state index in [1.165, 1.54) is 0 Å². The SMILES string of the molecule is CCC(C)C(Cl)(C(=O)O)C(C)CC. The van der Waals surface area contributed by atoms with Crippen LogP contribution in [0.25, 0.3) is 0 Å². The quantitative estimate of drug-likeness (QED) is 0.702. The standard InChI is InChI=1S/C10H19ClO2/c1-5-7(3)10(11,9(12)13)8(4)6-2/h7-8H,5-6H2,1-4H3,(H,12,13). The highest BCUT2D eigenvalue weighted by atomic mass is 35.5. The Bertz CT molecular complexity index is 170. The number of halogens is 1. The van der Waals surface area contributed by atoms with E-state index in [-0.39, 0.29) is 11.8 Å². The van der Waals surface area contributed by atoms with Crippen molar-refractivity contribution in [2.75, 3.05) is 0 Å². The van der Waals surface area contributed by atoms with Crippen LogP contribution in [0.15, 0.2) is 0 Å². The van der Waals surface area contributed by atoms with E-state index in [1.807, 2.05) is 27.7 Å². The van der Waals surface area contributed by atoms with E-state index in [9.17, 15) is 4.79 Å². The molecule has 0 amide bonds. The van der Waals surface area contributed by atoms with Gasteiger partial charge in [0, 0.05) is 0 Å². The molecule has 0 rings (SSSR count). The summed E-state index contributed by atoms with van der Waals surface area (Å²) < 4.78 is 0. The number of rotatable bonds is 5. The van der Waals surface area contributed by atoms with Crippen LogP contribution in [-0.2, 0) is 4.79 Å². The first kappa shape index (κ1) is 12.8. The van der Waals surface area contributed by atoms with Crippen molar-refractivity contribution in [3.63, 3.8) is 0 Å². The van der Waals surface area contributed by atoms with Gasteiger partial charge in [0.15, 0.2) is 0 Å². The largest absolute Gasteiger partial charge is 0.480 e. The second-order valence-electron chi connectivity index (χ2n) is 3.69. The lowest BCUT2D eigenvalue weighted by atomic mass is 9.80. The van der Waals surface area contributed by atoms with Crippen LogP contribution in [0, 0.1) is 11.8 Å². The van der Waals surface area contributed by atoms with Gasteiger partial charge in [-0.25, -0.2) is 0 Å². The molecule has 0 aliphatic heterocycles. The van der Waals surface area contributed by atoms with Crippen molar-refractivity contribution in [2.24, 2.45) is 11.8 Å². The van der Waals surface area contributed by atoms with Gasteiger partial charge in [0.05, 0.1) is 0 Å². The minimum atomic E-state index is -1.09. The van der Waals surface area contributed by atoms with E-state index < -0.39 is 10.8 Å². The Morgan fingerprint density at radius 1 is 1.31 bits per heavy atom. The highest BCUT2D eigenvalue weighted by Gasteiger charge is 2.45. The molecule has 0 bridgehead atoms. The van der Waals surface area contributed by atoms with Crippen molar-refractivity contribution in [1.82, 2.24) is 0 Å².